The van der Waals surface area contributed by atoms with Gasteiger partial charge in [0.15, 0.2) is 0 Å². The quantitative estimate of drug-likeness (QED) is 0.499. The molecule has 0 aliphatic heterocycles. The van der Waals surface area contributed by atoms with Crippen molar-refractivity contribution in [3.63, 3.8) is 0 Å². The summed E-state index contributed by atoms with van der Waals surface area (Å²) in [5.41, 5.74) is 3.69. The van der Waals surface area contributed by atoms with Gasteiger partial charge in [0, 0.05) is 12.3 Å². The minimum absolute atomic E-state index is 0.0234. The molecule has 0 aliphatic rings. The van der Waals surface area contributed by atoms with Crippen LogP contribution in [-0.2, 0) is 9.59 Å². The van der Waals surface area contributed by atoms with Crippen LogP contribution >= 0.6 is 11.8 Å². The van der Waals surface area contributed by atoms with Crippen molar-refractivity contribution in [3.8, 4) is 0 Å². The van der Waals surface area contributed by atoms with Crippen molar-refractivity contribution in [1.29, 1.82) is 0 Å². The summed E-state index contributed by atoms with van der Waals surface area (Å²) in [5.74, 6) is -1.44. The van der Waals surface area contributed by atoms with Crippen molar-refractivity contribution in [1.82, 2.24) is 5.32 Å². The maximum Gasteiger partial charge on any atom is 0.309 e. The van der Waals surface area contributed by atoms with Gasteiger partial charge in [-0.1, -0.05) is 0 Å². The number of hydrogen-bond donors (Lipinski definition) is 3. The first-order valence-electron chi connectivity index (χ1n) is 3.68. The molecule has 0 bridgehead atoms. The average Bonchev–Trinajstić information content (AvgIpc) is 2.00. The van der Waals surface area contributed by atoms with Crippen LogP contribution in [0.1, 0.15) is 6.92 Å². The van der Waals surface area contributed by atoms with Crippen LogP contribution in [0.3, 0.4) is 0 Å². The number of aliphatic hydroxyl groups is 1. The first kappa shape index (κ1) is 12.2. The smallest absolute Gasteiger partial charge is 0.309 e. The summed E-state index contributed by atoms with van der Waals surface area (Å²) in [5, 5.41) is 11.8. The monoisotopic (exact) mass is 206 g/mol. The minimum atomic E-state index is -1.04. The van der Waals surface area contributed by atoms with Gasteiger partial charge in [-0.3, -0.25) is 9.59 Å². The van der Waals surface area contributed by atoms with Gasteiger partial charge in [0.1, 0.15) is 0 Å². The van der Waals surface area contributed by atoms with Crippen molar-refractivity contribution in [2.45, 2.75) is 12.5 Å². The zero-order valence-corrected chi connectivity index (χ0v) is 8.48. The van der Waals surface area contributed by atoms with E-state index in [-0.39, 0.29) is 6.54 Å². The molecule has 0 fully saturated rings. The Bertz CT molecular complexity index is 206. The van der Waals surface area contributed by atoms with Crippen LogP contribution in [0.5, 0.6) is 0 Å². The second-order valence-corrected chi connectivity index (χ2v) is 3.84. The summed E-state index contributed by atoms with van der Waals surface area (Å²) >= 11 is 1.45. The lowest BCUT2D eigenvalue weighted by atomic mass is 10.1. The van der Waals surface area contributed by atoms with Crippen LogP contribution in [0.15, 0.2) is 0 Å². The predicted molar refractivity (Wildman–Crippen MR) is 51.2 cm³/mol. The van der Waals surface area contributed by atoms with Crippen molar-refractivity contribution >= 4 is 23.6 Å². The zero-order chi connectivity index (χ0) is 10.5. The van der Waals surface area contributed by atoms with Crippen LogP contribution in [0.4, 0.5) is 0 Å². The molecule has 0 aliphatic carbocycles. The predicted octanol–water partition coefficient (Wildman–Crippen LogP) is -1.30. The molecule has 0 saturated heterocycles. The van der Waals surface area contributed by atoms with Crippen molar-refractivity contribution in [2.75, 3.05) is 18.6 Å². The summed E-state index contributed by atoms with van der Waals surface area (Å²) in [6.07, 6.45) is 1.84. The Morgan fingerprint density at radius 3 is 2.54 bits per heavy atom. The third-order valence-corrected chi connectivity index (χ3v) is 2.22. The van der Waals surface area contributed by atoms with Crippen LogP contribution in [0.25, 0.3) is 0 Å². The van der Waals surface area contributed by atoms with Gasteiger partial charge in [0.25, 0.3) is 0 Å². The molecule has 0 aromatic heterocycles. The Morgan fingerprint density at radius 1 is 1.62 bits per heavy atom. The molecule has 13 heavy (non-hydrogen) atoms. The largest absolute Gasteiger partial charge is 0.387 e. The molecule has 0 aromatic rings. The molecular weight excluding hydrogens is 192 g/mol. The second kappa shape index (κ2) is 5.08. The maximum absolute atomic E-state index is 10.7. The third kappa shape index (κ3) is 5.48. The van der Waals surface area contributed by atoms with Crippen LogP contribution < -0.4 is 11.1 Å². The molecule has 1 unspecified atom stereocenters. The SMILES string of the molecule is CSCC(C)(O)CNC(=O)C(N)=O. The standard InChI is InChI=1S/C7H14N2O3S/c1-7(12,4-13-2)3-9-6(11)5(8)10/h12H,3-4H2,1-2H3,(H2,8,10)(H,9,11). The van der Waals surface area contributed by atoms with E-state index in [0.29, 0.717) is 5.75 Å². The summed E-state index contributed by atoms with van der Waals surface area (Å²) in [4.78, 5) is 21.0. The Morgan fingerprint density at radius 2 is 2.15 bits per heavy atom. The van der Waals surface area contributed by atoms with Crippen LogP contribution in [0.2, 0.25) is 0 Å². The highest BCUT2D eigenvalue weighted by molar-refractivity contribution is 7.98. The van der Waals surface area contributed by atoms with Gasteiger partial charge >= 0.3 is 11.8 Å². The highest BCUT2D eigenvalue weighted by Crippen LogP contribution is 2.08. The van der Waals surface area contributed by atoms with Crippen LogP contribution in [0, 0.1) is 0 Å². The number of carbonyl (C=O) groups is 2. The Labute approximate surface area is 81.1 Å². The van der Waals surface area contributed by atoms with Crippen molar-refractivity contribution in [2.24, 2.45) is 5.73 Å². The zero-order valence-electron chi connectivity index (χ0n) is 7.66. The van der Waals surface area contributed by atoms with Crippen molar-refractivity contribution in [3.05, 3.63) is 0 Å². The molecule has 1 atom stereocenters. The molecule has 0 heterocycles. The van der Waals surface area contributed by atoms with E-state index in [1.54, 1.807) is 6.92 Å². The van der Waals surface area contributed by atoms with E-state index in [1.807, 2.05) is 6.26 Å². The maximum atomic E-state index is 10.7. The summed E-state index contributed by atoms with van der Waals surface area (Å²) in [7, 11) is 0. The third-order valence-electron chi connectivity index (χ3n) is 1.31. The molecule has 0 aromatic carbocycles. The lowest BCUT2D eigenvalue weighted by Gasteiger charge is -2.21. The van der Waals surface area contributed by atoms with E-state index < -0.39 is 17.4 Å². The van der Waals surface area contributed by atoms with Gasteiger partial charge in [0.2, 0.25) is 0 Å². The van der Waals surface area contributed by atoms with E-state index >= 15 is 0 Å². The molecule has 5 nitrogen and oxygen atoms in total. The normalized spacial score (nSPS) is 14.7. The van der Waals surface area contributed by atoms with Gasteiger partial charge in [0.05, 0.1) is 5.60 Å². The molecule has 0 rings (SSSR count). The highest BCUT2D eigenvalue weighted by atomic mass is 32.2. The first-order valence-corrected chi connectivity index (χ1v) is 5.07. The molecule has 2 amide bonds. The fraction of sp³-hybridized carbons (Fsp3) is 0.714. The Hall–Kier alpha value is -0.750. The highest BCUT2D eigenvalue weighted by Gasteiger charge is 2.21. The molecular formula is C7H14N2O3S. The summed E-state index contributed by atoms with van der Waals surface area (Å²) < 4.78 is 0. The summed E-state index contributed by atoms with van der Waals surface area (Å²) in [6, 6.07) is 0. The fourth-order valence-electron chi connectivity index (χ4n) is 0.720. The number of nitrogens with one attached hydrogen (secondary N) is 1. The minimum Gasteiger partial charge on any atom is -0.387 e. The fourth-order valence-corrected chi connectivity index (χ4v) is 1.44. The second-order valence-electron chi connectivity index (χ2n) is 2.98. The van der Waals surface area contributed by atoms with E-state index in [9.17, 15) is 14.7 Å². The molecule has 0 spiro atoms. The first-order chi connectivity index (χ1) is 5.89. The lowest BCUT2D eigenvalue weighted by Crippen LogP contribution is -2.46. The number of thioether (sulfide) groups is 1. The average molecular weight is 206 g/mol. The lowest BCUT2D eigenvalue weighted by molar-refractivity contribution is -0.137. The van der Waals surface area contributed by atoms with Gasteiger partial charge in [-0.15, -0.1) is 0 Å². The number of amides is 2. The van der Waals surface area contributed by atoms with E-state index in [4.69, 9.17) is 5.73 Å². The molecule has 76 valence electrons. The number of nitrogens with two attached hydrogens (primary N) is 1. The van der Waals surface area contributed by atoms with E-state index in [1.165, 1.54) is 11.8 Å². The molecule has 0 saturated carbocycles. The van der Waals surface area contributed by atoms with Gasteiger partial charge in [-0.2, -0.15) is 11.8 Å². The van der Waals surface area contributed by atoms with Gasteiger partial charge < -0.3 is 16.2 Å². The topological polar surface area (TPSA) is 92.4 Å². The van der Waals surface area contributed by atoms with E-state index in [2.05, 4.69) is 5.32 Å². The number of carbonyl (C=O) groups excluding carboxylic acids is 2. The Kier molecular flexibility index (Phi) is 4.79. The van der Waals surface area contributed by atoms with Gasteiger partial charge in [-0.05, 0) is 13.2 Å². The number of primary amides is 1. The van der Waals surface area contributed by atoms with Crippen molar-refractivity contribution < 1.29 is 14.7 Å². The Balaban J connectivity index is 3.87. The van der Waals surface area contributed by atoms with Crippen LogP contribution in [-0.4, -0.2) is 41.1 Å². The summed E-state index contributed by atoms with van der Waals surface area (Å²) in [6.45, 7) is 1.60. The number of hydrogen-bond acceptors (Lipinski definition) is 4. The number of rotatable bonds is 4. The molecule has 6 heteroatoms. The molecule has 4 N–H and O–H groups in total. The molecule has 0 radical (unpaired) electrons. The van der Waals surface area contributed by atoms with Gasteiger partial charge in [-0.25, -0.2) is 0 Å². The van der Waals surface area contributed by atoms with E-state index in [0.717, 1.165) is 0 Å².